The lowest BCUT2D eigenvalue weighted by molar-refractivity contribution is 0.768. The van der Waals surface area contributed by atoms with E-state index in [0.29, 0.717) is 17.5 Å². The molecule has 4 heteroatoms. The molecule has 0 fully saturated rings. The van der Waals surface area contributed by atoms with Crippen LogP contribution in [0.3, 0.4) is 0 Å². The van der Waals surface area contributed by atoms with E-state index in [1.54, 1.807) is 0 Å². The molecule has 0 amide bonds. The number of nitrogens with zero attached hydrogens (tertiary/aromatic N) is 4. The Hall–Kier alpha value is -6.52. The molecule has 0 radical (unpaired) electrons. The normalized spacial score (nSPS) is 12.7. The van der Waals surface area contributed by atoms with Gasteiger partial charge in [-0.25, -0.2) is 15.0 Å². The minimum atomic E-state index is -0.587. The zero-order valence-electron chi connectivity index (χ0n) is 29.4. The molecule has 0 saturated carbocycles. The first-order valence-electron chi connectivity index (χ1n) is 17.7. The van der Waals surface area contributed by atoms with Gasteiger partial charge in [-0.05, 0) is 89.0 Å². The zero-order chi connectivity index (χ0) is 35.2. The van der Waals surface area contributed by atoms with Gasteiger partial charge in [-0.2, -0.15) is 0 Å². The summed E-state index contributed by atoms with van der Waals surface area (Å²) >= 11 is 0. The maximum Gasteiger partial charge on any atom is 0.164 e. The molecular weight excluding hydrogens is 633 g/mol. The summed E-state index contributed by atoms with van der Waals surface area (Å²) in [5, 5.41) is 0. The van der Waals surface area contributed by atoms with Crippen LogP contribution in [0.4, 0.5) is 0 Å². The van der Waals surface area contributed by atoms with E-state index in [2.05, 4.69) is 165 Å². The fourth-order valence-corrected chi connectivity index (χ4v) is 8.16. The number of rotatable bonds is 6. The van der Waals surface area contributed by atoms with E-state index in [9.17, 15) is 0 Å². The van der Waals surface area contributed by atoms with E-state index >= 15 is 0 Å². The van der Waals surface area contributed by atoms with Gasteiger partial charge in [-0.1, -0.05) is 146 Å². The second-order valence-electron chi connectivity index (χ2n) is 13.5. The monoisotopic (exact) mass is 668 g/mol. The second kappa shape index (κ2) is 12.7. The molecule has 0 aliphatic heterocycles. The Morgan fingerprint density at radius 1 is 0.385 bits per heavy atom. The van der Waals surface area contributed by atoms with Crippen molar-refractivity contribution in [1.29, 1.82) is 0 Å². The van der Waals surface area contributed by atoms with E-state index < -0.39 is 5.41 Å². The summed E-state index contributed by atoms with van der Waals surface area (Å²) in [6.45, 7) is 6.10. The van der Waals surface area contributed by atoms with Gasteiger partial charge in [-0.3, -0.25) is 4.98 Å². The van der Waals surface area contributed by atoms with Crippen molar-refractivity contribution in [3.8, 4) is 56.2 Å². The van der Waals surface area contributed by atoms with Crippen LogP contribution in [-0.4, -0.2) is 19.9 Å². The lowest BCUT2D eigenvalue weighted by atomic mass is 9.67. The largest absolute Gasteiger partial charge is 0.258 e. The molecule has 0 spiro atoms. The number of fused-ring (bicyclic) bond motifs is 3. The number of aryl methyl sites for hydroxylation is 3. The quantitative estimate of drug-likeness (QED) is 0.177. The molecule has 248 valence electrons. The highest BCUT2D eigenvalue weighted by Crippen LogP contribution is 2.59. The molecule has 0 bridgehead atoms. The lowest BCUT2D eigenvalue weighted by Gasteiger charge is -2.34. The number of aromatic nitrogens is 4. The number of hydrogen-bond donors (Lipinski definition) is 0. The Morgan fingerprint density at radius 3 is 1.60 bits per heavy atom. The average Bonchev–Trinajstić information content (AvgIpc) is 3.49. The summed E-state index contributed by atoms with van der Waals surface area (Å²) in [7, 11) is 0. The summed E-state index contributed by atoms with van der Waals surface area (Å²) in [6.07, 6.45) is 0. The van der Waals surface area contributed by atoms with Gasteiger partial charge in [0, 0.05) is 28.1 Å². The van der Waals surface area contributed by atoms with Crippen molar-refractivity contribution < 1.29 is 0 Å². The third-order valence-corrected chi connectivity index (χ3v) is 10.3. The van der Waals surface area contributed by atoms with Gasteiger partial charge in [0.25, 0.3) is 0 Å². The van der Waals surface area contributed by atoms with Crippen molar-refractivity contribution in [1.82, 2.24) is 19.9 Å². The Morgan fingerprint density at radius 2 is 0.942 bits per heavy atom. The minimum absolute atomic E-state index is 0.587. The van der Waals surface area contributed by atoms with Gasteiger partial charge in [0.15, 0.2) is 11.6 Å². The van der Waals surface area contributed by atoms with Gasteiger partial charge in [-0.15, -0.1) is 0 Å². The lowest BCUT2D eigenvalue weighted by Crippen LogP contribution is -2.28. The van der Waals surface area contributed by atoms with E-state index in [0.717, 1.165) is 50.3 Å². The van der Waals surface area contributed by atoms with Gasteiger partial charge < -0.3 is 0 Å². The number of benzene rings is 6. The molecule has 0 N–H and O–H groups in total. The van der Waals surface area contributed by atoms with Crippen LogP contribution in [-0.2, 0) is 5.41 Å². The zero-order valence-corrected chi connectivity index (χ0v) is 29.4. The Labute approximate surface area is 304 Å². The smallest absolute Gasteiger partial charge is 0.164 e. The topological polar surface area (TPSA) is 51.6 Å². The highest BCUT2D eigenvalue weighted by molar-refractivity contribution is 5.97. The van der Waals surface area contributed by atoms with Crippen molar-refractivity contribution in [3.05, 3.63) is 203 Å². The van der Waals surface area contributed by atoms with Gasteiger partial charge >= 0.3 is 0 Å². The predicted octanol–water partition coefficient (Wildman–Crippen LogP) is 11.2. The van der Waals surface area contributed by atoms with Crippen LogP contribution in [0.1, 0.15) is 39.5 Å². The first-order chi connectivity index (χ1) is 25.5. The Bertz CT molecular complexity index is 2560. The van der Waals surface area contributed by atoms with Crippen LogP contribution in [0.15, 0.2) is 164 Å². The summed E-state index contributed by atoms with van der Waals surface area (Å²) in [5.74, 6) is 1.96. The summed E-state index contributed by atoms with van der Waals surface area (Å²) < 4.78 is 0. The SMILES string of the molecule is Cc1ccc(-c2cc(-c3nc(C)nc(-c4ccccc4-c4ccccc4)n3)c3c(c2)C(c2ccccc2)(c2ccccc2)c2ccccc2-3)c(C)n1. The molecule has 0 atom stereocenters. The number of pyridine rings is 1. The fourth-order valence-electron chi connectivity index (χ4n) is 8.16. The van der Waals surface area contributed by atoms with Crippen molar-refractivity contribution in [2.45, 2.75) is 26.2 Å². The molecule has 4 nitrogen and oxygen atoms in total. The van der Waals surface area contributed by atoms with Gasteiger partial charge in [0.1, 0.15) is 5.82 Å². The molecule has 52 heavy (non-hydrogen) atoms. The number of hydrogen-bond acceptors (Lipinski definition) is 4. The van der Waals surface area contributed by atoms with Crippen LogP contribution in [0.2, 0.25) is 0 Å². The average molecular weight is 669 g/mol. The molecule has 0 unspecified atom stereocenters. The van der Waals surface area contributed by atoms with Crippen LogP contribution in [0.5, 0.6) is 0 Å². The molecule has 2 heterocycles. The summed E-state index contributed by atoms with van der Waals surface area (Å²) in [4.78, 5) is 20.3. The van der Waals surface area contributed by atoms with Crippen LogP contribution >= 0.6 is 0 Å². The maximum atomic E-state index is 5.34. The van der Waals surface area contributed by atoms with Crippen LogP contribution < -0.4 is 0 Å². The first-order valence-corrected chi connectivity index (χ1v) is 17.7. The molecule has 8 aromatic rings. The molecule has 1 aliphatic carbocycles. The minimum Gasteiger partial charge on any atom is -0.258 e. The molecular formula is C48H36N4. The summed E-state index contributed by atoms with van der Waals surface area (Å²) in [5.41, 5.74) is 14.8. The van der Waals surface area contributed by atoms with Crippen molar-refractivity contribution >= 4 is 0 Å². The van der Waals surface area contributed by atoms with Gasteiger partial charge in [0.05, 0.1) is 5.41 Å². The highest BCUT2D eigenvalue weighted by Gasteiger charge is 2.47. The van der Waals surface area contributed by atoms with E-state index in [4.69, 9.17) is 19.9 Å². The third kappa shape index (κ3) is 5.06. The molecule has 6 aromatic carbocycles. The molecule has 2 aromatic heterocycles. The maximum absolute atomic E-state index is 5.34. The Kier molecular flexibility index (Phi) is 7.66. The van der Waals surface area contributed by atoms with E-state index in [1.165, 1.54) is 27.8 Å². The van der Waals surface area contributed by atoms with E-state index in [1.807, 2.05) is 19.9 Å². The molecule has 9 rings (SSSR count). The highest BCUT2D eigenvalue weighted by atomic mass is 15.0. The second-order valence-corrected chi connectivity index (χ2v) is 13.5. The first kappa shape index (κ1) is 31.5. The fraction of sp³-hybridized carbons (Fsp3) is 0.0833. The third-order valence-electron chi connectivity index (χ3n) is 10.3. The van der Waals surface area contributed by atoms with E-state index in [-0.39, 0.29) is 0 Å². The van der Waals surface area contributed by atoms with Crippen molar-refractivity contribution in [2.75, 3.05) is 0 Å². The van der Waals surface area contributed by atoms with Crippen molar-refractivity contribution in [3.63, 3.8) is 0 Å². The van der Waals surface area contributed by atoms with Crippen LogP contribution in [0, 0.1) is 20.8 Å². The standard InChI is InChI=1S/C48H36N4/c1-31-27-28-38(32(2)49-31)35-29-42(47-51-33(3)50-46(52-47)40-24-14-13-23-39(40)34-17-7-4-8-18-34)45-41-25-15-16-26-43(41)48(44(45)30-35,36-19-9-5-10-20-36)37-21-11-6-12-22-37/h4-30H,1-3H3. The Balaban J connectivity index is 1.39. The van der Waals surface area contributed by atoms with Crippen LogP contribution in [0.25, 0.3) is 56.2 Å². The van der Waals surface area contributed by atoms with Gasteiger partial charge in [0.2, 0.25) is 0 Å². The molecule has 0 saturated heterocycles. The summed E-state index contributed by atoms with van der Waals surface area (Å²) in [6, 6.07) is 58.4. The van der Waals surface area contributed by atoms with Crippen molar-refractivity contribution in [2.24, 2.45) is 0 Å². The molecule has 1 aliphatic rings. The predicted molar refractivity (Wildman–Crippen MR) is 211 cm³/mol.